The summed E-state index contributed by atoms with van der Waals surface area (Å²) in [6, 6.07) is 0. The van der Waals surface area contributed by atoms with E-state index in [1.165, 1.54) is 32.2 Å². The first kappa shape index (κ1) is 8.27. The van der Waals surface area contributed by atoms with Crippen LogP contribution in [-0.2, 0) is 4.74 Å². The average molecular weight is 167 g/mol. The molecule has 0 radical (unpaired) electrons. The molecule has 2 aliphatic heterocycles. The number of nitrogens with one attached hydrogen (secondary N) is 1. The van der Waals surface area contributed by atoms with Gasteiger partial charge in [-0.15, -0.1) is 0 Å². The average Bonchev–Trinajstić information content (AvgIpc) is 2.21. The standard InChI is InChI=1S/C10H17NO/c1-3-9(7-11-5-1)10-4-2-6-12-8-10/h11H,1-8H2. The summed E-state index contributed by atoms with van der Waals surface area (Å²) in [4.78, 5) is 0. The highest BCUT2D eigenvalue weighted by atomic mass is 16.5. The van der Waals surface area contributed by atoms with Gasteiger partial charge >= 0.3 is 0 Å². The molecule has 0 atom stereocenters. The molecular weight excluding hydrogens is 150 g/mol. The van der Waals surface area contributed by atoms with Crippen LogP contribution in [0, 0.1) is 0 Å². The van der Waals surface area contributed by atoms with Crippen molar-refractivity contribution < 1.29 is 4.74 Å². The predicted octanol–water partition coefficient (Wildman–Crippen LogP) is 1.48. The first-order valence-electron chi connectivity index (χ1n) is 4.95. The molecule has 0 spiro atoms. The largest absolute Gasteiger partial charge is 0.377 e. The third-order valence-corrected chi connectivity index (χ3v) is 2.71. The molecule has 0 aromatic carbocycles. The van der Waals surface area contributed by atoms with Crippen molar-refractivity contribution in [2.45, 2.75) is 25.7 Å². The topological polar surface area (TPSA) is 21.3 Å². The molecule has 0 saturated carbocycles. The van der Waals surface area contributed by atoms with E-state index in [0.717, 1.165) is 19.8 Å². The number of hydrogen-bond donors (Lipinski definition) is 1. The van der Waals surface area contributed by atoms with Gasteiger partial charge in [0.1, 0.15) is 0 Å². The van der Waals surface area contributed by atoms with E-state index in [4.69, 9.17) is 4.74 Å². The van der Waals surface area contributed by atoms with Crippen molar-refractivity contribution in [1.82, 2.24) is 5.32 Å². The maximum Gasteiger partial charge on any atom is 0.0679 e. The summed E-state index contributed by atoms with van der Waals surface area (Å²) in [7, 11) is 0. The second-order valence-corrected chi connectivity index (χ2v) is 3.64. The first-order chi connectivity index (χ1) is 5.97. The zero-order chi connectivity index (χ0) is 8.23. The number of ether oxygens (including phenoxy) is 1. The molecule has 12 heavy (non-hydrogen) atoms. The van der Waals surface area contributed by atoms with Gasteiger partial charge < -0.3 is 10.1 Å². The van der Waals surface area contributed by atoms with Crippen molar-refractivity contribution in [3.63, 3.8) is 0 Å². The predicted molar refractivity (Wildman–Crippen MR) is 49.2 cm³/mol. The van der Waals surface area contributed by atoms with Gasteiger partial charge in [0.15, 0.2) is 0 Å². The van der Waals surface area contributed by atoms with Crippen LogP contribution in [0.5, 0.6) is 0 Å². The lowest BCUT2D eigenvalue weighted by molar-refractivity contribution is 0.128. The Hall–Kier alpha value is -0.340. The molecule has 0 aliphatic carbocycles. The van der Waals surface area contributed by atoms with Crippen LogP contribution in [0.25, 0.3) is 0 Å². The van der Waals surface area contributed by atoms with E-state index >= 15 is 0 Å². The van der Waals surface area contributed by atoms with Crippen LogP contribution >= 0.6 is 0 Å². The quantitative estimate of drug-likeness (QED) is 0.552. The van der Waals surface area contributed by atoms with Crippen molar-refractivity contribution in [3.05, 3.63) is 11.1 Å². The second-order valence-electron chi connectivity index (χ2n) is 3.64. The van der Waals surface area contributed by atoms with Crippen LogP contribution in [0.3, 0.4) is 0 Å². The molecule has 1 N–H and O–H groups in total. The Morgan fingerprint density at radius 3 is 2.67 bits per heavy atom. The normalized spacial score (nSPS) is 32.0. The molecule has 68 valence electrons. The zero-order valence-corrected chi connectivity index (χ0v) is 7.57. The smallest absolute Gasteiger partial charge is 0.0679 e. The second kappa shape index (κ2) is 4.06. The van der Waals surface area contributed by atoms with Crippen LogP contribution < -0.4 is 5.32 Å². The zero-order valence-electron chi connectivity index (χ0n) is 7.57. The Kier molecular flexibility index (Phi) is 2.79. The lowest BCUT2D eigenvalue weighted by atomic mass is 9.96. The van der Waals surface area contributed by atoms with E-state index in [0.29, 0.717) is 0 Å². The van der Waals surface area contributed by atoms with Crippen LogP contribution in [0.15, 0.2) is 11.1 Å². The van der Waals surface area contributed by atoms with Crippen LogP contribution in [-0.4, -0.2) is 26.3 Å². The molecule has 2 rings (SSSR count). The molecule has 0 aromatic rings. The molecule has 2 saturated heterocycles. The highest BCUT2D eigenvalue weighted by Crippen LogP contribution is 2.21. The fourth-order valence-electron chi connectivity index (χ4n) is 1.99. The lowest BCUT2D eigenvalue weighted by Gasteiger charge is -2.23. The van der Waals surface area contributed by atoms with Gasteiger partial charge in [-0.1, -0.05) is 5.57 Å². The fourth-order valence-corrected chi connectivity index (χ4v) is 1.99. The summed E-state index contributed by atoms with van der Waals surface area (Å²) in [5, 5.41) is 3.42. The molecule has 0 unspecified atom stereocenters. The summed E-state index contributed by atoms with van der Waals surface area (Å²) < 4.78 is 5.45. The fraction of sp³-hybridized carbons (Fsp3) is 0.800. The van der Waals surface area contributed by atoms with Crippen molar-refractivity contribution in [1.29, 1.82) is 0 Å². The van der Waals surface area contributed by atoms with Gasteiger partial charge in [0, 0.05) is 13.2 Å². The summed E-state index contributed by atoms with van der Waals surface area (Å²) in [6.45, 7) is 4.16. The van der Waals surface area contributed by atoms with Gasteiger partial charge in [0.25, 0.3) is 0 Å². The van der Waals surface area contributed by atoms with Crippen molar-refractivity contribution in [2.75, 3.05) is 26.3 Å². The van der Waals surface area contributed by atoms with Gasteiger partial charge in [0.05, 0.1) is 6.61 Å². The van der Waals surface area contributed by atoms with Gasteiger partial charge in [0.2, 0.25) is 0 Å². The molecule has 0 aromatic heterocycles. The third-order valence-electron chi connectivity index (χ3n) is 2.71. The van der Waals surface area contributed by atoms with E-state index in [9.17, 15) is 0 Å². The molecule has 0 bridgehead atoms. The van der Waals surface area contributed by atoms with E-state index in [2.05, 4.69) is 5.32 Å². The van der Waals surface area contributed by atoms with E-state index in [1.807, 2.05) is 0 Å². The molecular formula is C10H17NO. The van der Waals surface area contributed by atoms with Crippen LogP contribution in [0.1, 0.15) is 25.7 Å². The Bertz CT molecular complexity index is 150. The Morgan fingerprint density at radius 1 is 1.08 bits per heavy atom. The highest BCUT2D eigenvalue weighted by Gasteiger charge is 2.13. The monoisotopic (exact) mass is 167 g/mol. The van der Waals surface area contributed by atoms with Crippen molar-refractivity contribution in [3.8, 4) is 0 Å². The third kappa shape index (κ3) is 1.87. The van der Waals surface area contributed by atoms with Gasteiger partial charge in [-0.05, 0) is 37.8 Å². The van der Waals surface area contributed by atoms with Crippen LogP contribution in [0.4, 0.5) is 0 Å². The molecule has 2 heterocycles. The molecule has 2 fully saturated rings. The Balaban J connectivity index is 2.00. The lowest BCUT2D eigenvalue weighted by Crippen LogP contribution is -2.26. The SMILES string of the molecule is C1CNCC(=C2CCCOC2)C1. The van der Waals surface area contributed by atoms with Gasteiger partial charge in [-0.3, -0.25) is 0 Å². The first-order valence-corrected chi connectivity index (χ1v) is 4.95. The minimum absolute atomic E-state index is 0.900. The van der Waals surface area contributed by atoms with Crippen molar-refractivity contribution >= 4 is 0 Å². The van der Waals surface area contributed by atoms with E-state index < -0.39 is 0 Å². The minimum Gasteiger partial charge on any atom is -0.377 e. The Morgan fingerprint density at radius 2 is 2.00 bits per heavy atom. The summed E-state index contributed by atoms with van der Waals surface area (Å²) >= 11 is 0. The number of rotatable bonds is 0. The highest BCUT2D eigenvalue weighted by molar-refractivity contribution is 5.18. The minimum atomic E-state index is 0.900. The number of hydrogen-bond acceptors (Lipinski definition) is 2. The maximum absolute atomic E-state index is 5.45. The summed E-state index contributed by atoms with van der Waals surface area (Å²) in [6.07, 6.45) is 5.10. The van der Waals surface area contributed by atoms with Crippen molar-refractivity contribution in [2.24, 2.45) is 0 Å². The van der Waals surface area contributed by atoms with Gasteiger partial charge in [-0.25, -0.2) is 0 Å². The maximum atomic E-state index is 5.45. The molecule has 2 nitrogen and oxygen atoms in total. The van der Waals surface area contributed by atoms with Gasteiger partial charge in [-0.2, -0.15) is 0 Å². The summed E-state index contributed by atoms with van der Waals surface area (Å²) in [5.41, 5.74) is 3.20. The van der Waals surface area contributed by atoms with Crippen LogP contribution in [0.2, 0.25) is 0 Å². The summed E-state index contributed by atoms with van der Waals surface area (Å²) in [5.74, 6) is 0. The van der Waals surface area contributed by atoms with E-state index in [1.54, 1.807) is 11.1 Å². The Labute approximate surface area is 74.0 Å². The molecule has 2 heteroatoms. The van der Waals surface area contributed by atoms with E-state index in [-0.39, 0.29) is 0 Å². The number of piperidine rings is 1. The molecule has 0 amide bonds. The molecule has 2 aliphatic rings.